The molecule has 0 rings (SSSR count). The van der Waals surface area contributed by atoms with E-state index in [1.807, 2.05) is 0 Å². The molecule has 4 nitrogen and oxygen atoms in total. The van der Waals surface area contributed by atoms with Crippen molar-refractivity contribution >= 4 is 11.9 Å². The number of rotatable bonds is 5. The van der Waals surface area contributed by atoms with Gasteiger partial charge >= 0.3 is 5.97 Å². The number of hydrogen-bond donors (Lipinski definition) is 1. The molecule has 0 fully saturated rings. The van der Waals surface area contributed by atoms with Crippen molar-refractivity contribution in [2.24, 2.45) is 0 Å². The minimum Gasteiger partial charge on any atom is -0.481 e. The number of carbonyl (C=O) groups excluding carboxylic acids is 1. The highest BCUT2D eigenvalue weighted by molar-refractivity contribution is 5.76. The van der Waals surface area contributed by atoms with Crippen LogP contribution in [0.15, 0.2) is 0 Å². The summed E-state index contributed by atoms with van der Waals surface area (Å²) in [5, 5.41) is 8.31. The molecule has 0 aliphatic rings. The third-order valence-corrected chi connectivity index (χ3v) is 1.54. The average molecular weight is 183 g/mol. The maximum absolute atomic E-state index is 11.2. The maximum atomic E-state index is 11.2. The molecule has 72 valence electrons. The average Bonchev–Trinajstić information content (AvgIpc) is 2.04. The molecule has 0 saturated heterocycles. The van der Waals surface area contributed by atoms with Crippen LogP contribution in [0.1, 0.15) is 19.3 Å². The van der Waals surface area contributed by atoms with E-state index in [2.05, 4.69) is 5.92 Å². The Morgan fingerprint density at radius 1 is 1.46 bits per heavy atom. The number of hydrogen-bond acceptors (Lipinski definition) is 2. The monoisotopic (exact) mass is 183 g/mol. The number of nitrogens with zero attached hydrogens (tertiary/aromatic N) is 1. The zero-order valence-corrected chi connectivity index (χ0v) is 7.62. The van der Waals surface area contributed by atoms with Crippen molar-refractivity contribution in [2.75, 3.05) is 13.6 Å². The highest BCUT2D eigenvalue weighted by Gasteiger charge is 2.07. The normalized spacial score (nSPS) is 8.92. The molecule has 0 unspecified atom stereocenters. The van der Waals surface area contributed by atoms with Crippen molar-refractivity contribution < 1.29 is 14.7 Å². The standard InChI is InChI=1S/C9H13NO3/c1-3-7-10(2)8(11)5-4-6-9(12)13/h1H,4-7H2,2H3,(H,12,13). The Kier molecular flexibility index (Phi) is 5.37. The third kappa shape index (κ3) is 5.74. The van der Waals surface area contributed by atoms with Gasteiger partial charge in [0.15, 0.2) is 0 Å². The molecule has 0 aromatic carbocycles. The van der Waals surface area contributed by atoms with Gasteiger partial charge in [0.2, 0.25) is 5.91 Å². The Labute approximate surface area is 77.5 Å². The van der Waals surface area contributed by atoms with Crippen LogP contribution in [0.5, 0.6) is 0 Å². The van der Waals surface area contributed by atoms with Crippen molar-refractivity contribution in [3.05, 3.63) is 0 Å². The highest BCUT2D eigenvalue weighted by Crippen LogP contribution is 1.98. The van der Waals surface area contributed by atoms with Crippen LogP contribution in [0.25, 0.3) is 0 Å². The Balaban J connectivity index is 3.63. The first-order valence-corrected chi connectivity index (χ1v) is 3.97. The predicted octanol–water partition coefficient (Wildman–Crippen LogP) is 0.333. The lowest BCUT2D eigenvalue weighted by Gasteiger charge is -2.12. The first kappa shape index (κ1) is 11.5. The van der Waals surface area contributed by atoms with Crippen molar-refractivity contribution in [3.8, 4) is 12.3 Å². The lowest BCUT2D eigenvalue weighted by molar-refractivity contribution is -0.137. The molecule has 4 heteroatoms. The number of aliphatic carboxylic acids is 1. The minimum absolute atomic E-state index is 0.0234. The maximum Gasteiger partial charge on any atom is 0.303 e. The van der Waals surface area contributed by atoms with E-state index >= 15 is 0 Å². The minimum atomic E-state index is -0.882. The van der Waals surface area contributed by atoms with Crippen molar-refractivity contribution in [3.63, 3.8) is 0 Å². The summed E-state index contributed by atoms with van der Waals surface area (Å²) in [6, 6.07) is 0. The molecular weight excluding hydrogens is 170 g/mol. The van der Waals surface area contributed by atoms with Gasteiger partial charge in [-0.1, -0.05) is 5.92 Å². The van der Waals surface area contributed by atoms with E-state index in [0.717, 1.165) is 0 Å². The lowest BCUT2D eigenvalue weighted by atomic mass is 10.2. The summed E-state index contributed by atoms with van der Waals surface area (Å²) < 4.78 is 0. The predicted molar refractivity (Wildman–Crippen MR) is 48.0 cm³/mol. The van der Waals surface area contributed by atoms with Crippen molar-refractivity contribution in [1.29, 1.82) is 0 Å². The van der Waals surface area contributed by atoms with E-state index in [-0.39, 0.29) is 25.3 Å². The van der Waals surface area contributed by atoms with Gasteiger partial charge in [0.05, 0.1) is 6.54 Å². The molecule has 0 aromatic heterocycles. The molecule has 0 spiro atoms. The van der Waals surface area contributed by atoms with Gasteiger partial charge in [-0.25, -0.2) is 0 Å². The molecule has 0 radical (unpaired) electrons. The van der Waals surface area contributed by atoms with Crippen LogP contribution in [0.4, 0.5) is 0 Å². The molecule has 1 N–H and O–H groups in total. The van der Waals surface area contributed by atoms with E-state index in [0.29, 0.717) is 6.42 Å². The van der Waals surface area contributed by atoms with Gasteiger partial charge in [-0.3, -0.25) is 9.59 Å². The van der Waals surface area contributed by atoms with Gasteiger partial charge in [-0.05, 0) is 6.42 Å². The second kappa shape index (κ2) is 6.06. The van der Waals surface area contributed by atoms with Gasteiger partial charge in [0, 0.05) is 19.9 Å². The fourth-order valence-electron chi connectivity index (χ4n) is 0.807. The first-order chi connectivity index (χ1) is 6.07. The third-order valence-electron chi connectivity index (χ3n) is 1.54. The van der Waals surface area contributed by atoms with E-state index in [9.17, 15) is 9.59 Å². The van der Waals surface area contributed by atoms with Crippen LogP contribution in [0, 0.1) is 12.3 Å². The van der Waals surface area contributed by atoms with Crippen LogP contribution in [-0.2, 0) is 9.59 Å². The second-order valence-corrected chi connectivity index (χ2v) is 2.70. The fourth-order valence-corrected chi connectivity index (χ4v) is 0.807. The zero-order chi connectivity index (χ0) is 10.3. The summed E-state index contributed by atoms with van der Waals surface area (Å²) in [6.45, 7) is 0.270. The summed E-state index contributed by atoms with van der Waals surface area (Å²) in [5.41, 5.74) is 0. The topological polar surface area (TPSA) is 57.6 Å². The molecule has 0 atom stereocenters. The summed E-state index contributed by atoms with van der Waals surface area (Å²) in [6.07, 6.45) is 5.63. The van der Waals surface area contributed by atoms with E-state index in [4.69, 9.17) is 11.5 Å². The SMILES string of the molecule is C#CCN(C)C(=O)CCCC(=O)O. The molecule has 0 aliphatic heterocycles. The van der Waals surface area contributed by atoms with Gasteiger partial charge in [0.1, 0.15) is 0 Å². The zero-order valence-electron chi connectivity index (χ0n) is 7.62. The number of carboxylic acid groups (broad SMARTS) is 1. The summed E-state index contributed by atoms with van der Waals surface area (Å²) in [7, 11) is 1.60. The first-order valence-electron chi connectivity index (χ1n) is 3.97. The molecule has 13 heavy (non-hydrogen) atoms. The number of terminal acetylenes is 1. The quantitative estimate of drug-likeness (QED) is 0.625. The molecule has 0 aliphatic carbocycles. The molecule has 0 aromatic rings. The summed E-state index contributed by atoms with van der Waals surface area (Å²) in [4.78, 5) is 22.7. The Bertz CT molecular complexity index is 230. The van der Waals surface area contributed by atoms with Gasteiger partial charge in [-0.2, -0.15) is 0 Å². The van der Waals surface area contributed by atoms with E-state index in [1.165, 1.54) is 4.90 Å². The highest BCUT2D eigenvalue weighted by atomic mass is 16.4. The smallest absolute Gasteiger partial charge is 0.303 e. The van der Waals surface area contributed by atoms with Crippen LogP contribution >= 0.6 is 0 Å². The molecular formula is C9H13NO3. The summed E-state index contributed by atoms with van der Waals surface area (Å²) >= 11 is 0. The van der Waals surface area contributed by atoms with Crippen LogP contribution < -0.4 is 0 Å². The second-order valence-electron chi connectivity index (χ2n) is 2.70. The Morgan fingerprint density at radius 2 is 2.08 bits per heavy atom. The van der Waals surface area contributed by atoms with Crippen LogP contribution in [0.3, 0.4) is 0 Å². The van der Waals surface area contributed by atoms with Gasteiger partial charge < -0.3 is 10.0 Å². The van der Waals surface area contributed by atoms with E-state index < -0.39 is 5.97 Å². The number of amides is 1. The van der Waals surface area contributed by atoms with Crippen LogP contribution in [-0.4, -0.2) is 35.5 Å². The van der Waals surface area contributed by atoms with Crippen LogP contribution in [0.2, 0.25) is 0 Å². The number of carboxylic acids is 1. The van der Waals surface area contributed by atoms with Gasteiger partial charge in [-0.15, -0.1) is 6.42 Å². The lowest BCUT2D eigenvalue weighted by Crippen LogP contribution is -2.26. The van der Waals surface area contributed by atoms with Crippen molar-refractivity contribution in [1.82, 2.24) is 4.90 Å². The molecule has 1 amide bonds. The summed E-state index contributed by atoms with van der Waals surface area (Å²) in [5.74, 6) is 1.34. The molecule has 0 bridgehead atoms. The van der Waals surface area contributed by atoms with E-state index in [1.54, 1.807) is 7.05 Å². The molecule has 0 heterocycles. The number of carbonyl (C=O) groups is 2. The van der Waals surface area contributed by atoms with Gasteiger partial charge in [0.25, 0.3) is 0 Å². The Hall–Kier alpha value is -1.50. The Morgan fingerprint density at radius 3 is 2.54 bits per heavy atom. The largest absolute Gasteiger partial charge is 0.481 e. The fraction of sp³-hybridized carbons (Fsp3) is 0.556. The van der Waals surface area contributed by atoms with Crippen molar-refractivity contribution in [2.45, 2.75) is 19.3 Å². The molecule has 0 saturated carbocycles.